The van der Waals surface area contributed by atoms with E-state index in [4.69, 9.17) is 0 Å². The van der Waals surface area contributed by atoms with Gasteiger partial charge in [-0.25, -0.2) is 9.69 Å². The number of nitrogens with zero attached hydrogens (tertiary/aromatic N) is 2. The first-order chi connectivity index (χ1) is 12.4. The number of imide groups is 1. The molecule has 1 aromatic carbocycles. The molecule has 2 fully saturated rings. The van der Waals surface area contributed by atoms with E-state index < -0.39 is 17.6 Å². The van der Waals surface area contributed by atoms with Crippen molar-refractivity contribution in [1.82, 2.24) is 10.2 Å². The Morgan fingerprint density at radius 2 is 1.96 bits per heavy atom. The molecule has 1 spiro atoms. The SMILES string of the molecule is CC(C(=O)N1CCCc2cc(Br)ccc21)N1C(=O)NC2(CCCC2)C1=O. The van der Waals surface area contributed by atoms with E-state index in [1.165, 1.54) is 0 Å². The highest BCUT2D eigenvalue weighted by molar-refractivity contribution is 9.10. The Kier molecular flexibility index (Phi) is 4.29. The van der Waals surface area contributed by atoms with Crippen LogP contribution in [0.15, 0.2) is 22.7 Å². The van der Waals surface area contributed by atoms with Crippen LogP contribution in [0.3, 0.4) is 0 Å². The molecule has 2 heterocycles. The standard InChI is InChI=1S/C19H22BrN3O3/c1-12(23-17(25)19(21-18(23)26)8-2-3-9-19)16(24)22-10-4-5-13-11-14(20)6-7-15(13)22/h6-7,11-12H,2-5,8-10H2,1H3,(H,21,26). The fourth-order valence-corrected chi connectivity index (χ4v) is 4.85. The number of hydrogen-bond donors (Lipinski definition) is 1. The maximum Gasteiger partial charge on any atom is 0.325 e. The molecule has 1 unspecified atom stereocenters. The van der Waals surface area contributed by atoms with Crippen molar-refractivity contribution >= 4 is 39.5 Å². The van der Waals surface area contributed by atoms with Crippen LogP contribution in [-0.4, -0.2) is 40.9 Å². The lowest BCUT2D eigenvalue weighted by Crippen LogP contribution is -2.52. The highest BCUT2D eigenvalue weighted by Crippen LogP contribution is 2.36. The quantitative estimate of drug-likeness (QED) is 0.748. The molecule has 0 radical (unpaired) electrons. The van der Waals surface area contributed by atoms with Gasteiger partial charge < -0.3 is 10.2 Å². The van der Waals surface area contributed by atoms with E-state index in [1.807, 2.05) is 18.2 Å². The van der Waals surface area contributed by atoms with Gasteiger partial charge in [-0.05, 0) is 56.4 Å². The van der Waals surface area contributed by atoms with Crippen molar-refractivity contribution in [2.45, 2.75) is 57.0 Å². The number of benzene rings is 1. The van der Waals surface area contributed by atoms with Gasteiger partial charge >= 0.3 is 6.03 Å². The van der Waals surface area contributed by atoms with Crippen molar-refractivity contribution in [2.24, 2.45) is 0 Å². The molecule has 138 valence electrons. The molecular weight excluding hydrogens is 398 g/mol. The van der Waals surface area contributed by atoms with E-state index in [0.717, 1.165) is 46.3 Å². The maximum atomic E-state index is 13.2. The van der Waals surface area contributed by atoms with Crippen molar-refractivity contribution < 1.29 is 14.4 Å². The first-order valence-corrected chi connectivity index (χ1v) is 9.98. The summed E-state index contributed by atoms with van der Waals surface area (Å²) in [6, 6.07) is 4.62. The lowest BCUT2D eigenvalue weighted by atomic mass is 9.97. The van der Waals surface area contributed by atoms with E-state index in [-0.39, 0.29) is 11.8 Å². The smallest absolute Gasteiger partial charge is 0.323 e. The number of carbonyl (C=O) groups is 3. The van der Waals surface area contributed by atoms with Crippen LogP contribution in [-0.2, 0) is 16.0 Å². The number of nitrogens with one attached hydrogen (secondary N) is 1. The minimum atomic E-state index is -0.808. The Hall–Kier alpha value is -1.89. The number of anilines is 1. The zero-order valence-electron chi connectivity index (χ0n) is 14.8. The molecule has 1 aliphatic carbocycles. The first kappa shape index (κ1) is 17.5. The minimum absolute atomic E-state index is 0.202. The van der Waals surface area contributed by atoms with E-state index in [2.05, 4.69) is 21.2 Å². The third-order valence-corrected chi connectivity index (χ3v) is 6.31. The summed E-state index contributed by atoms with van der Waals surface area (Å²) in [4.78, 5) is 41.4. The van der Waals surface area contributed by atoms with E-state index in [0.29, 0.717) is 19.4 Å². The number of amides is 4. The van der Waals surface area contributed by atoms with Crippen molar-refractivity contribution in [3.05, 3.63) is 28.2 Å². The van der Waals surface area contributed by atoms with Crippen LogP contribution >= 0.6 is 15.9 Å². The van der Waals surface area contributed by atoms with Crippen molar-refractivity contribution in [3.63, 3.8) is 0 Å². The zero-order chi connectivity index (χ0) is 18.5. The van der Waals surface area contributed by atoms with Crippen LogP contribution < -0.4 is 10.2 Å². The minimum Gasteiger partial charge on any atom is -0.323 e. The number of urea groups is 1. The maximum absolute atomic E-state index is 13.2. The monoisotopic (exact) mass is 419 g/mol. The summed E-state index contributed by atoms with van der Waals surface area (Å²) in [5.41, 5.74) is 1.20. The van der Waals surface area contributed by atoms with Gasteiger partial charge in [-0.2, -0.15) is 0 Å². The number of rotatable bonds is 2. The highest BCUT2D eigenvalue weighted by atomic mass is 79.9. The van der Waals surface area contributed by atoms with Gasteiger partial charge in [0.15, 0.2) is 0 Å². The van der Waals surface area contributed by atoms with Crippen LogP contribution in [0.4, 0.5) is 10.5 Å². The number of halogens is 1. The fraction of sp³-hybridized carbons (Fsp3) is 0.526. The Morgan fingerprint density at radius 1 is 1.23 bits per heavy atom. The number of fused-ring (bicyclic) bond motifs is 1. The lowest BCUT2D eigenvalue weighted by Gasteiger charge is -2.33. The molecule has 6 nitrogen and oxygen atoms in total. The average Bonchev–Trinajstić information content (AvgIpc) is 3.18. The van der Waals surface area contributed by atoms with Gasteiger partial charge in [-0.3, -0.25) is 9.59 Å². The molecule has 4 amide bonds. The molecule has 1 aromatic rings. The van der Waals surface area contributed by atoms with Crippen LogP contribution in [0.25, 0.3) is 0 Å². The van der Waals surface area contributed by atoms with Crippen molar-refractivity contribution in [1.29, 1.82) is 0 Å². The molecule has 1 atom stereocenters. The highest BCUT2D eigenvalue weighted by Gasteiger charge is 2.55. The molecule has 2 aliphatic heterocycles. The van der Waals surface area contributed by atoms with Crippen LogP contribution in [0, 0.1) is 0 Å². The molecule has 0 aromatic heterocycles. The summed E-state index contributed by atoms with van der Waals surface area (Å²) >= 11 is 3.47. The van der Waals surface area contributed by atoms with E-state index in [9.17, 15) is 14.4 Å². The van der Waals surface area contributed by atoms with Gasteiger partial charge in [0.2, 0.25) is 5.91 Å². The van der Waals surface area contributed by atoms with Gasteiger partial charge in [0.05, 0.1) is 0 Å². The van der Waals surface area contributed by atoms with Gasteiger partial charge in [-0.15, -0.1) is 0 Å². The fourth-order valence-electron chi connectivity index (χ4n) is 4.44. The second-order valence-electron chi connectivity index (χ2n) is 7.44. The molecule has 1 N–H and O–H groups in total. The zero-order valence-corrected chi connectivity index (χ0v) is 16.3. The molecule has 0 bridgehead atoms. The number of hydrogen-bond acceptors (Lipinski definition) is 3. The summed E-state index contributed by atoms with van der Waals surface area (Å²) in [6.45, 7) is 2.26. The van der Waals surface area contributed by atoms with E-state index in [1.54, 1.807) is 11.8 Å². The van der Waals surface area contributed by atoms with Gasteiger partial charge in [0.25, 0.3) is 5.91 Å². The normalized spacial score (nSPS) is 22.5. The van der Waals surface area contributed by atoms with E-state index >= 15 is 0 Å². The summed E-state index contributed by atoms with van der Waals surface area (Å²) in [5, 5.41) is 2.85. The Balaban J connectivity index is 1.60. The van der Waals surface area contributed by atoms with Crippen LogP contribution in [0.1, 0.15) is 44.6 Å². The molecule has 1 saturated heterocycles. The first-order valence-electron chi connectivity index (χ1n) is 9.18. The third kappa shape index (κ3) is 2.64. The molecule has 4 rings (SSSR count). The topological polar surface area (TPSA) is 69.7 Å². The second-order valence-corrected chi connectivity index (χ2v) is 8.35. The van der Waals surface area contributed by atoms with Gasteiger partial charge in [0, 0.05) is 16.7 Å². The Morgan fingerprint density at radius 3 is 2.69 bits per heavy atom. The largest absolute Gasteiger partial charge is 0.325 e. The molecular formula is C19H22BrN3O3. The Labute approximate surface area is 161 Å². The third-order valence-electron chi connectivity index (χ3n) is 5.82. The summed E-state index contributed by atoms with van der Waals surface area (Å²) in [7, 11) is 0. The molecule has 1 saturated carbocycles. The molecule has 26 heavy (non-hydrogen) atoms. The predicted octanol–water partition coefficient (Wildman–Crippen LogP) is 2.98. The number of aryl methyl sites for hydroxylation is 1. The van der Waals surface area contributed by atoms with Gasteiger partial charge in [0.1, 0.15) is 11.6 Å². The predicted molar refractivity (Wildman–Crippen MR) is 101 cm³/mol. The molecule has 7 heteroatoms. The lowest BCUT2D eigenvalue weighted by molar-refractivity contribution is -0.137. The van der Waals surface area contributed by atoms with Crippen LogP contribution in [0.5, 0.6) is 0 Å². The number of carbonyl (C=O) groups excluding carboxylic acids is 3. The summed E-state index contributed by atoms with van der Waals surface area (Å²) < 4.78 is 0.982. The van der Waals surface area contributed by atoms with Crippen molar-refractivity contribution in [2.75, 3.05) is 11.4 Å². The van der Waals surface area contributed by atoms with Crippen molar-refractivity contribution in [3.8, 4) is 0 Å². The average molecular weight is 420 g/mol. The molecule has 3 aliphatic rings. The Bertz CT molecular complexity index is 788. The van der Waals surface area contributed by atoms with Crippen LogP contribution in [0.2, 0.25) is 0 Å². The van der Waals surface area contributed by atoms with Gasteiger partial charge in [-0.1, -0.05) is 28.8 Å². The second kappa shape index (κ2) is 6.37. The summed E-state index contributed by atoms with van der Waals surface area (Å²) in [6.07, 6.45) is 4.96. The summed E-state index contributed by atoms with van der Waals surface area (Å²) in [5.74, 6) is -0.444.